The van der Waals surface area contributed by atoms with E-state index in [0.29, 0.717) is 97.6 Å². The largest absolute Gasteiger partial charge is 0.508 e. The van der Waals surface area contributed by atoms with Crippen LogP contribution in [0.5, 0.6) is 46.0 Å². The van der Waals surface area contributed by atoms with E-state index < -0.39 is 0 Å². The number of rotatable bonds is 42. The highest BCUT2D eigenvalue weighted by Gasteiger charge is 2.17. The number of aliphatic hydroxyl groups is 2. The molecular weight excluding hydrogens is 1880 g/mol. The molecule has 23 nitrogen and oxygen atoms in total. The maximum absolute atomic E-state index is 10.2. The molecule has 31 heteroatoms. The van der Waals surface area contributed by atoms with Gasteiger partial charge in [0.15, 0.2) is 25.7 Å². The number of aliphatic hydroxyl groups excluding tert-OH is 2. The topological polar surface area (TPSA) is 366 Å². The Morgan fingerprint density at radius 1 is 0.217 bits per heavy atom. The molecule has 0 aliphatic heterocycles. The fourth-order valence-electron chi connectivity index (χ4n) is 14.2. The molecular formula is C107H127N13O10S8. The van der Waals surface area contributed by atoms with Crippen molar-refractivity contribution in [3.05, 3.63) is 339 Å². The SMILES string of the molecule is CCc1ccc(O)c(Cc2cnc(CCCNc3ncc(Cc4cc(CC)ccc4O)s3)s2)c1.CCc1ccc(O)c(Cc2cnc(CCCNc3ncc(Cc4cc(CC)ccc4O)s3)s2)c1.CCc1ccc(O)c(Cc2cnc(CCCNc3ncc(Cc4cc(CC)ccc4O)s3)s2)c1.CCc1ccc(O)cc1.CCc1ccc(O)cc1.OCc1cnc(NCCNc2ncc(CO)s2)s1. The molecule has 15 N–H and O–H groups in total. The van der Waals surface area contributed by atoms with Crippen LogP contribution in [0.1, 0.15) is 207 Å². The number of aromatic hydroxyl groups is 8. The van der Waals surface area contributed by atoms with Crippen molar-refractivity contribution in [2.45, 2.75) is 197 Å². The summed E-state index contributed by atoms with van der Waals surface area (Å²) in [5.74, 6) is 2.77. The number of benzene rings is 8. The minimum Gasteiger partial charge on any atom is -0.508 e. The Morgan fingerprint density at radius 2 is 0.406 bits per heavy atom. The quantitative estimate of drug-likeness (QED) is 0.0158. The highest BCUT2D eigenvalue weighted by atomic mass is 32.1. The summed E-state index contributed by atoms with van der Waals surface area (Å²) in [7, 11) is 0. The lowest BCUT2D eigenvalue weighted by atomic mass is 10.0. The summed E-state index contributed by atoms with van der Waals surface area (Å²) in [5.41, 5.74) is 15.6. The van der Waals surface area contributed by atoms with Crippen molar-refractivity contribution in [1.82, 2.24) is 39.9 Å². The molecule has 0 aliphatic carbocycles. The number of thiazole rings is 8. The number of hydrogen-bond acceptors (Lipinski definition) is 31. The third-order valence-electron chi connectivity index (χ3n) is 22.3. The standard InChI is InChI=1S/3C27H31N3O2S2.C10H14N4O2S2.2C8H10O/c3*1-3-18-7-9-24(31)20(12-18)14-22-16-29-26(33-22)6-5-11-28-27-30-17-23(34-27)15-21-13-19(4-2)8-10-25(21)32;15-5-7-3-13-9(17-7)11-1-2-12-10-14-4-8(6-16)18-10;2*1-2-7-3-5-8(9)6-4-7/h3*7-10,12-13,16-17,31-32H,3-6,11,14-15H2,1-2H3,(H,28,30);3-4,15-16H,1-2,5-6H2,(H,11,13)(H,12,14);2*3-6,9H,2H2,1H3. The van der Waals surface area contributed by atoms with Crippen LogP contribution in [-0.4, -0.2) is 124 Å². The van der Waals surface area contributed by atoms with E-state index in [9.17, 15) is 30.6 Å². The van der Waals surface area contributed by atoms with E-state index in [-0.39, 0.29) is 13.2 Å². The first-order valence-electron chi connectivity index (χ1n) is 46.9. The molecule has 16 aromatic rings. The second kappa shape index (κ2) is 56.9. The van der Waals surface area contributed by atoms with Gasteiger partial charge in [0, 0.05) is 169 Å². The zero-order valence-corrected chi connectivity index (χ0v) is 86.1. The molecule has 728 valence electrons. The van der Waals surface area contributed by atoms with Gasteiger partial charge in [-0.15, -0.1) is 68.0 Å². The van der Waals surface area contributed by atoms with Gasteiger partial charge in [0.05, 0.1) is 38.0 Å². The van der Waals surface area contributed by atoms with Crippen molar-refractivity contribution >= 4 is 116 Å². The first-order chi connectivity index (χ1) is 67.1. The predicted octanol–water partition coefficient (Wildman–Crippen LogP) is 24.1. The van der Waals surface area contributed by atoms with Crippen LogP contribution in [0.3, 0.4) is 0 Å². The zero-order valence-electron chi connectivity index (χ0n) is 79.5. The molecule has 0 saturated carbocycles. The number of phenolic OH excluding ortho intramolecular Hbond substituents is 8. The van der Waals surface area contributed by atoms with Crippen molar-refractivity contribution in [3.63, 3.8) is 0 Å². The molecule has 0 amide bonds. The van der Waals surface area contributed by atoms with E-state index >= 15 is 0 Å². The third-order valence-corrected chi connectivity index (χ3v) is 30.2. The fraction of sp³-hybridized carbons (Fsp3) is 0.327. The van der Waals surface area contributed by atoms with Crippen LogP contribution in [-0.2, 0) is 122 Å². The van der Waals surface area contributed by atoms with E-state index in [1.165, 1.54) is 81.8 Å². The predicted molar refractivity (Wildman–Crippen MR) is 573 cm³/mol. The highest BCUT2D eigenvalue weighted by molar-refractivity contribution is 7.17. The fourth-order valence-corrected chi connectivity index (χ4v) is 21.2. The van der Waals surface area contributed by atoms with Crippen LogP contribution in [0.15, 0.2) is 207 Å². The molecule has 0 bridgehead atoms. The lowest BCUT2D eigenvalue weighted by Gasteiger charge is -2.05. The summed E-state index contributed by atoms with van der Waals surface area (Å²) in [5, 5.41) is 121. The molecule has 0 fully saturated rings. The molecule has 16 rings (SSSR count). The number of anilines is 5. The van der Waals surface area contributed by atoms with E-state index in [1.54, 1.807) is 141 Å². The smallest absolute Gasteiger partial charge is 0.182 e. The first kappa shape index (κ1) is 107. The maximum Gasteiger partial charge on any atom is 0.182 e. The Hall–Kier alpha value is -11.9. The number of phenols is 8. The Balaban J connectivity index is 0.000000168. The summed E-state index contributed by atoms with van der Waals surface area (Å²) in [6, 6.07) is 49.6. The van der Waals surface area contributed by atoms with Gasteiger partial charge in [-0.3, -0.25) is 0 Å². The normalized spacial score (nSPS) is 10.8. The molecule has 8 aromatic heterocycles. The lowest BCUT2D eigenvalue weighted by Crippen LogP contribution is -2.13. The second-order valence-electron chi connectivity index (χ2n) is 32.6. The number of nitrogens with one attached hydrogen (secondary N) is 5. The molecule has 0 spiro atoms. The van der Waals surface area contributed by atoms with Crippen LogP contribution in [0.2, 0.25) is 0 Å². The monoisotopic (exact) mass is 2010 g/mol. The van der Waals surface area contributed by atoms with Crippen molar-refractivity contribution < 1.29 is 51.1 Å². The summed E-state index contributed by atoms with van der Waals surface area (Å²) in [6.07, 6.45) is 32.5. The molecule has 0 aliphatic rings. The van der Waals surface area contributed by atoms with Crippen LogP contribution in [0, 0.1) is 0 Å². The molecule has 138 heavy (non-hydrogen) atoms. The van der Waals surface area contributed by atoms with E-state index in [2.05, 4.69) is 158 Å². The lowest BCUT2D eigenvalue weighted by molar-refractivity contribution is 0.285. The first-order valence-corrected chi connectivity index (χ1v) is 53.5. The van der Waals surface area contributed by atoms with Gasteiger partial charge < -0.3 is 77.6 Å². The number of nitrogens with zero attached hydrogens (tertiary/aromatic N) is 8. The number of aromatic nitrogens is 8. The molecule has 0 atom stereocenters. The Labute approximate surface area is 842 Å². The van der Waals surface area contributed by atoms with Gasteiger partial charge in [-0.2, -0.15) is 0 Å². The minimum atomic E-state index is 0.0284. The maximum atomic E-state index is 10.2. The van der Waals surface area contributed by atoms with Gasteiger partial charge in [-0.05, 0) is 209 Å². The van der Waals surface area contributed by atoms with Crippen LogP contribution < -0.4 is 26.6 Å². The average Bonchev–Trinajstić information content (AvgIpc) is 1.62. The van der Waals surface area contributed by atoms with Gasteiger partial charge in [0.25, 0.3) is 0 Å². The average molecular weight is 2010 g/mol. The van der Waals surface area contributed by atoms with Crippen molar-refractivity contribution in [2.24, 2.45) is 0 Å². The molecule has 8 aromatic carbocycles. The highest BCUT2D eigenvalue weighted by Crippen LogP contribution is 2.35. The Morgan fingerprint density at radius 3 is 0.616 bits per heavy atom. The van der Waals surface area contributed by atoms with Crippen LogP contribution >= 0.6 is 90.7 Å². The van der Waals surface area contributed by atoms with Crippen molar-refractivity contribution in [1.29, 1.82) is 0 Å². The van der Waals surface area contributed by atoms with Crippen LogP contribution in [0.25, 0.3) is 0 Å². The summed E-state index contributed by atoms with van der Waals surface area (Å²) in [4.78, 5) is 44.0. The van der Waals surface area contributed by atoms with Gasteiger partial charge in [0.2, 0.25) is 0 Å². The number of hydrogen-bond donors (Lipinski definition) is 15. The van der Waals surface area contributed by atoms with E-state index in [4.69, 9.17) is 20.4 Å². The summed E-state index contributed by atoms with van der Waals surface area (Å²) in [6.45, 7) is 20.9. The summed E-state index contributed by atoms with van der Waals surface area (Å²) < 4.78 is 0. The molecule has 0 radical (unpaired) electrons. The molecule has 0 unspecified atom stereocenters. The van der Waals surface area contributed by atoms with Crippen molar-refractivity contribution in [2.75, 3.05) is 59.3 Å². The third kappa shape index (κ3) is 35.5. The minimum absolute atomic E-state index is 0.0284. The Bertz CT molecular complexity index is 5490. The van der Waals surface area contributed by atoms with Crippen molar-refractivity contribution in [3.8, 4) is 46.0 Å². The molecule has 8 heterocycles. The van der Waals surface area contributed by atoms with Gasteiger partial charge in [-0.25, -0.2) is 39.9 Å². The van der Waals surface area contributed by atoms with E-state index in [0.717, 1.165) is 208 Å². The zero-order chi connectivity index (χ0) is 97.9. The Kier molecular flexibility index (Phi) is 43.9. The van der Waals surface area contributed by atoms with E-state index in [1.807, 2.05) is 97.8 Å². The molecule has 0 saturated heterocycles. The number of aryl methyl sites for hydroxylation is 11. The van der Waals surface area contributed by atoms with Gasteiger partial charge in [-0.1, -0.05) is 175 Å². The van der Waals surface area contributed by atoms with Gasteiger partial charge >= 0.3 is 0 Å². The second-order valence-corrected chi connectivity index (χ2v) is 41.8. The van der Waals surface area contributed by atoms with Crippen LogP contribution in [0.4, 0.5) is 25.7 Å². The summed E-state index contributed by atoms with van der Waals surface area (Å²) >= 11 is 12.9. The van der Waals surface area contributed by atoms with Gasteiger partial charge in [0.1, 0.15) is 46.0 Å².